The minimum Gasteiger partial charge on any atom is -0.366 e. The third-order valence-electron chi connectivity index (χ3n) is 4.13. The second kappa shape index (κ2) is 19.1. The quantitative estimate of drug-likeness (QED) is 0.381. The van der Waals surface area contributed by atoms with Crippen molar-refractivity contribution >= 4 is 18.1 Å². The van der Waals surface area contributed by atoms with E-state index >= 15 is 0 Å². The molecule has 0 aliphatic heterocycles. The number of amides is 1. The van der Waals surface area contributed by atoms with Crippen LogP contribution in [0.5, 0.6) is 0 Å². The smallest absolute Gasteiger partial charge is 0.248 e. The number of benzene rings is 2. The lowest BCUT2D eigenvalue weighted by Gasteiger charge is -2.04. The molecule has 0 saturated carbocycles. The molecule has 1 amide bonds. The molecule has 0 bridgehead atoms. The fourth-order valence-electron chi connectivity index (χ4n) is 2.34. The van der Waals surface area contributed by atoms with Gasteiger partial charge in [0.05, 0.1) is 0 Å². The summed E-state index contributed by atoms with van der Waals surface area (Å²) in [6.45, 7) is 18.5. The first-order valence-electron chi connectivity index (χ1n) is 11.3. The summed E-state index contributed by atoms with van der Waals surface area (Å²) in [6.07, 6.45) is 10.2. The molecule has 0 aliphatic rings. The van der Waals surface area contributed by atoms with Crippen molar-refractivity contribution in [1.29, 1.82) is 0 Å². The average molecular weight is 422 g/mol. The van der Waals surface area contributed by atoms with Crippen molar-refractivity contribution in [3.63, 3.8) is 0 Å². The molecular formula is C29H43NO. The lowest BCUT2D eigenvalue weighted by Crippen LogP contribution is -2.10. The molecule has 0 spiro atoms. The second-order valence-electron chi connectivity index (χ2n) is 6.68. The number of hydrogen-bond acceptors (Lipinski definition) is 1. The zero-order valence-corrected chi connectivity index (χ0v) is 21.1. The normalized spacial score (nSPS) is 10.6. The standard InChI is InChI=1S/C18H19NO.C7H12.2C2H6/c1-13(2)16-10-8-14(9-11-16)6-7-15-4-3-5-17(12-15)18(19)20;1-4-6-7(3)5-2;2*1-2/h3-13H,1-2H3,(H2,19,20);4-6H,1-3H3;2*1-2H3/b7-6+;6-4-,7-5-;;. The van der Waals surface area contributed by atoms with Gasteiger partial charge in [-0.25, -0.2) is 0 Å². The Morgan fingerprint density at radius 2 is 1.42 bits per heavy atom. The summed E-state index contributed by atoms with van der Waals surface area (Å²) in [5.41, 5.74) is 10.6. The first-order valence-corrected chi connectivity index (χ1v) is 11.3. The van der Waals surface area contributed by atoms with Gasteiger partial charge in [0.1, 0.15) is 0 Å². The van der Waals surface area contributed by atoms with E-state index < -0.39 is 5.91 Å². The first kappa shape index (κ1) is 30.3. The first-order chi connectivity index (χ1) is 14.9. The van der Waals surface area contributed by atoms with E-state index in [2.05, 4.69) is 57.2 Å². The summed E-state index contributed by atoms with van der Waals surface area (Å²) in [4.78, 5) is 11.1. The lowest BCUT2D eigenvalue weighted by atomic mass is 10.0. The average Bonchev–Trinajstić information content (AvgIpc) is 2.81. The van der Waals surface area contributed by atoms with E-state index in [1.165, 1.54) is 11.1 Å². The Balaban J connectivity index is 0. The van der Waals surface area contributed by atoms with Crippen LogP contribution in [0.4, 0.5) is 0 Å². The van der Waals surface area contributed by atoms with Crippen LogP contribution in [0.1, 0.15) is 95.3 Å². The molecule has 0 radical (unpaired) electrons. The van der Waals surface area contributed by atoms with Crippen LogP contribution in [-0.4, -0.2) is 5.91 Å². The molecule has 0 atom stereocenters. The van der Waals surface area contributed by atoms with Crippen LogP contribution in [0.2, 0.25) is 0 Å². The minimum atomic E-state index is -0.401. The van der Waals surface area contributed by atoms with Crippen LogP contribution in [0.15, 0.2) is 72.3 Å². The van der Waals surface area contributed by atoms with Gasteiger partial charge in [-0.3, -0.25) is 4.79 Å². The topological polar surface area (TPSA) is 43.1 Å². The molecule has 170 valence electrons. The number of rotatable bonds is 5. The zero-order chi connectivity index (χ0) is 24.2. The van der Waals surface area contributed by atoms with Crippen LogP contribution in [-0.2, 0) is 0 Å². The van der Waals surface area contributed by atoms with Crippen molar-refractivity contribution in [3.8, 4) is 0 Å². The van der Waals surface area contributed by atoms with Gasteiger partial charge in [-0.1, -0.05) is 114 Å². The van der Waals surface area contributed by atoms with Crippen molar-refractivity contribution < 1.29 is 4.79 Å². The predicted octanol–water partition coefficient (Wildman–Crippen LogP) is 8.66. The van der Waals surface area contributed by atoms with Gasteiger partial charge < -0.3 is 5.73 Å². The zero-order valence-electron chi connectivity index (χ0n) is 21.1. The number of allylic oxidation sites excluding steroid dienone is 4. The van der Waals surface area contributed by atoms with Crippen LogP contribution in [0, 0.1) is 0 Å². The Morgan fingerprint density at radius 1 is 0.871 bits per heavy atom. The highest BCUT2D eigenvalue weighted by Crippen LogP contribution is 2.16. The predicted molar refractivity (Wildman–Crippen MR) is 141 cm³/mol. The molecular weight excluding hydrogens is 378 g/mol. The van der Waals surface area contributed by atoms with Gasteiger partial charge in [0.15, 0.2) is 0 Å². The summed E-state index contributed by atoms with van der Waals surface area (Å²) >= 11 is 0. The van der Waals surface area contributed by atoms with E-state index in [1.807, 2.05) is 71.9 Å². The minimum absolute atomic E-state index is 0.401. The Labute approximate surface area is 191 Å². The molecule has 0 aliphatic carbocycles. The van der Waals surface area contributed by atoms with E-state index in [1.54, 1.807) is 12.1 Å². The van der Waals surface area contributed by atoms with Gasteiger partial charge >= 0.3 is 0 Å². The molecule has 0 unspecified atom stereocenters. The molecule has 2 heteroatoms. The number of primary amides is 1. The molecule has 2 nitrogen and oxygen atoms in total. The molecule has 2 N–H and O–H groups in total. The SMILES string of the molecule is C/C=C\C(C)=C/C.CC.CC.CC(C)c1ccc(/C=C/c2cccc(C(N)=O)c2)cc1. The van der Waals surface area contributed by atoms with E-state index in [0.717, 1.165) is 11.1 Å². The van der Waals surface area contributed by atoms with Gasteiger partial charge in [-0.2, -0.15) is 0 Å². The van der Waals surface area contributed by atoms with E-state index in [0.29, 0.717) is 11.5 Å². The summed E-state index contributed by atoms with van der Waals surface area (Å²) in [7, 11) is 0. The molecule has 2 aromatic rings. The molecule has 31 heavy (non-hydrogen) atoms. The molecule has 0 fully saturated rings. The number of hydrogen-bond donors (Lipinski definition) is 1. The van der Waals surface area contributed by atoms with Crippen molar-refractivity contribution in [1.82, 2.24) is 0 Å². The Bertz CT molecular complexity index is 809. The molecule has 2 aromatic carbocycles. The van der Waals surface area contributed by atoms with Gasteiger partial charge in [-0.15, -0.1) is 0 Å². The Morgan fingerprint density at radius 3 is 1.84 bits per heavy atom. The van der Waals surface area contributed by atoms with Crippen molar-refractivity contribution in [2.75, 3.05) is 0 Å². The highest BCUT2D eigenvalue weighted by molar-refractivity contribution is 5.93. The Kier molecular flexibility index (Phi) is 18.7. The molecule has 0 aromatic heterocycles. The van der Waals surface area contributed by atoms with Crippen LogP contribution >= 0.6 is 0 Å². The number of nitrogens with two attached hydrogens (primary N) is 1. The van der Waals surface area contributed by atoms with Gasteiger partial charge in [0.2, 0.25) is 5.91 Å². The van der Waals surface area contributed by atoms with E-state index in [-0.39, 0.29) is 0 Å². The fraction of sp³-hybridized carbons (Fsp3) is 0.345. The number of carbonyl (C=O) groups excluding carboxylic acids is 1. The van der Waals surface area contributed by atoms with Crippen LogP contribution in [0.3, 0.4) is 0 Å². The fourth-order valence-corrected chi connectivity index (χ4v) is 2.34. The highest BCUT2D eigenvalue weighted by atomic mass is 16.1. The molecule has 2 rings (SSSR count). The third kappa shape index (κ3) is 13.9. The van der Waals surface area contributed by atoms with Gasteiger partial charge in [-0.05, 0) is 55.5 Å². The maximum atomic E-state index is 11.1. The lowest BCUT2D eigenvalue weighted by molar-refractivity contribution is 0.1000. The van der Waals surface area contributed by atoms with E-state index in [4.69, 9.17) is 5.73 Å². The maximum Gasteiger partial charge on any atom is 0.248 e. The van der Waals surface area contributed by atoms with Crippen molar-refractivity contribution in [2.24, 2.45) is 5.73 Å². The van der Waals surface area contributed by atoms with Crippen molar-refractivity contribution in [3.05, 3.63) is 94.6 Å². The van der Waals surface area contributed by atoms with Crippen molar-refractivity contribution in [2.45, 2.75) is 68.2 Å². The molecule has 0 heterocycles. The third-order valence-corrected chi connectivity index (χ3v) is 4.13. The van der Waals surface area contributed by atoms with Crippen LogP contribution in [0.25, 0.3) is 12.2 Å². The maximum absolute atomic E-state index is 11.1. The summed E-state index contributed by atoms with van der Waals surface area (Å²) in [6, 6.07) is 15.8. The van der Waals surface area contributed by atoms with Gasteiger partial charge in [0.25, 0.3) is 0 Å². The second-order valence-corrected chi connectivity index (χ2v) is 6.68. The summed E-state index contributed by atoms with van der Waals surface area (Å²) < 4.78 is 0. The number of carbonyl (C=O) groups is 1. The Hall–Kier alpha value is -2.87. The largest absolute Gasteiger partial charge is 0.366 e. The summed E-state index contributed by atoms with van der Waals surface area (Å²) in [5.74, 6) is 0.141. The summed E-state index contributed by atoms with van der Waals surface area (Å²) in [5, 5.41) is 0. The highest BCUT2D eigenvalue weighted by Gasteiger charge is 2.00. The van der Waals surface area contributed by atoms with E-state index in [9.17, 15) is 4.79 Å². The van der Waals surface area contributed by atoms with Crippen LogP contribution < -0.4 is 5.73 Å². The molecule has 0 saturated heterocycles. The van der Waals surface area contributed by atoms with Gasteiger partial charge in [0, 0.05) is 5.56 Å². The monoisotopic (exact) mass is 421 g/mol.